The van der Waals surface area contributed by atoms with Crippen molar-refractivity contribution >= 4 is 27.7 Å². The van der Waals surface area contributed by atoms with Gasteiger partial charge in [-0.3, -0.25) is 9.59 Å². The van der Waals surface area contributed by atoms with Crippen molar-refractivity contribution in [2.75, 3.05) is 0 Å². The van der Waals surface area contributed by atoms with E-state index < -0.39 is 27.9 Å². The van der Waals surface area contributed by atoms with E-state index in [1.807, 2.05) is 20.8 Å². The van der Waals surface area contributed by atoms with E-state index in [-0.39, 0.29) is 33.8 Å². The molecule has 0 aromatic heterocycles. The lowest BCUT2D eigenvalue weighted by molar-refractivity contribution is -0.139. The zero-order chi connectivity index (χ0) is 30.2. The second-order valence-corrected chi connectivity index (χ2v) is 13.0. The highest BCUT2D eigenvalue weighted by Crippen LogP contribution is 2.39. The van der Waals surface area contributed by atoms with Gasteiger partial charge >= 0.3 is 5.97 Å². The summed E-state index contributed by atoms with van der Waals surface area (Å²) in [7, 11) is -3.82. The largest absolute Gasteiger partial charge is 0.479 e. The Morgan fingerprint density at radius 1 is 0.833 bits per heavy atom. The maximum absolute atomic E-state index is 13.4. The summed E-state index contributed by atoms with van der Waals surface area (Å²) in [6, 6.07) is 23.4. The topological polar surface area (TPSA) is 130 Å². The van der Waals surface area contributed by atoms with Crippen molar-refractivity contribution in [3.8, 4) is 11.1 Å². The molecule has 0 heterocycles. The summed E-state index contributed by atoms with van der Waals surface area (Å²) in [5.41, 5.74) is 3.84. The van der Waals surface area contributed by atoms with Gasteiger partial charge in [0.2, 0.25) is 10.0 Å². The Kier molecular flexibility index (Phi) is 7.57. The number of nitrogens with one attached hydrogen (secondary N) is 2. The molecule has 0 spiro atoms. The minimum atomic E-state index is -3.82. The van der Waals surface area contributed by atoms with E-state index in [0.717, 1.165) is 5.56 Å². The lowest BCUT2D eigenvalue weighted by atomic mass is 9.87. The molecular formula is C33H30N2O6S. The Morgan fingerprint density at radius 3 is 2.14 bits per heavy atom. The van der Waals surface area contributed by atoms with E-state index >= 15 is 0 Å². The number of carboxylic acids is 1. The Labute approximate surface area is 244 Å². The first kappa shape index (κ1) is 28.9. The van der Waals surface area contributed by atoms with Crippen LogP contribution in [-0.2, 0) is 26.8 Å². The van der Waals surface area contributed by atoms with Crippen LogP contribution in [0.4, 0.5) is 0 Å². The molecule has 1 unspecified atom stereocenters. The zero-order valence-corrected chi connectivity index (χ0v) is 24.2. The van der Waals surface area contributed by atoms with Gasteiger partial charge in [-0.05, 0) is 45.9 Å². The van der Waals surface area contributed by atoms with Crippen molar-refractivity contribution in [1.82, 2.24) is 10.0 Å². The Balaban J connectivity index is 1.35. The van der Waals surface area contributed by atoms with Gasteiger partial charge in [-0.25, -0.2) is 17.9 Å². The first-order valence-electron chi connectivity index (χ1n) is 13.4. The molecule has 0 radical (unpaired) electrons. The molecule has 42 heavy (non-hydrogen) atoms. The molecule has 1 aliphatic rings. The molecule has 0 bridgehead atoms. The van der Waals surface area contributed by atoms with Gasteiger partial charge < -0.3 is 10.4 Å². The van der Waals surface area contributed by atoms with Crippen molar-refractivity contribution < 1.29 is 27.9 Å². The van der Waals surface area contributed by atoms with Gasteiger partial charge in [0.05, 0.1) is 4.90 Å². The molecule has 3 N–H and O–H groups in total. The number of hydrogen-bond donors (Lipinski definition) is 3. The third-order valence-electron chi connectivity index (χ3n) is 7.30. The summed E-state index contributed by atoms with van der Waals surface area (Å²) in [4.78, 5) is 38.7. The second-order valence-electron chi connectivity index (χ2n) is 11.2. The minimum absolute atomic E-state index is 0.0808. The average molecular weight is 583 g/mol. The van der Waals surface area contributed by atoms with E-state index in [4.69, 9.17) is 0 Å². The average Bonchev–Trinajstić information content (AvgIpc) is 3.26. The van der Waals surface area contributed by atoms with Crippen LogP contribution in [0.5, 0.6) is 0 Å². The van der Waals surface area contributed by atoms with E-state index in [9.17, 15) is 27.9 Å². The van der Waals surface area contributed by atoms with Gasteiger partial charge in [0.15, 0.2) is 11.8 Å². The van der Waals surface area contributed by atoms with Gasteiger partial charge in [-0.1, -0.05) is 93.6 Å². The lowest BCUT2D eigenvalue weighted by Gasteiger charge is -2.19. The maximum atomic E-state index is 13.4. The van der Waals surface area contributed by atoms with Crippen LogP contribution in [-0.4, -0.2) is 31.2 Å². The molecule has 0 fully saturated rings. The fourth-order valence-corrected chi connectivity index (χ4v) is 6.06. The Bertz CT molecular complexity index is 1820. The van der Waals surface area contributed by atoms with Crippen LogP contribution in [0.15, 0.2) is 95.9 Å². The molecule has 1 aliphatic carbocycles. The third kappa shape index (κ3) is 5.61. The number of rotatable bonds is 8. The summed E-state index contributed by atoms with van der Waals surface area (Å²) in [5.74, 6) is -2.12. The summed E-state index contributed by atoms with van der Waals surface area (Å²) in [6.45, 7) is 6.05. The van der Waals surface area contributed by atoms with Gasteiger partial charge in [-0.2, -0.15) is 0 Å². The predicted molar refractivity (Wildman–Crippen MR) is 159 cm³/mol. The number of ketones is 1. The van der Waals surface area contributed by atoms with Crippen LogP contribution in [0.2, 0.25) is 0 Å². The normalized spacial score (nSPS) is 13.3. The number of fused-ring (bicyclic) bond motifs is 3. The zero-order valence-electron chi connectivity index (χ0n) is 23.3. The summed E-state index contributed by atoms with van der Waals surface area (Å²) < 4.78 is 28.4. The first-order chi connectivity index (χ1) is 19.9. The lowest BCUT2D eigenvalue weighted by Crippen LogP contribution is -2.34. The van der Waals surface area contributed by atoms with Crippen molar-refractivity contribution in [1.29, 1.82) is 0 Å². The standard InChI is InChI=1S/C33H30N2O6S/c1-33(2,3)22-14-16-23(17-15-22)42(40,41)34-19-20-8-6-9-21(18-20)29(32(38)39)35-31(37)27-13-7-12-26-28(27)24-10-4-5-11-25(24)30(26)36/h4-18,29,34H,19H2,1-3H3,(H,35,37)(H,38,39). The molecular weight excluding hydrogens is 552 g/mol. The van der Waals surface area contributed by atoms with Crippen LogP contribution < -0.4 is 10.0 Å². The van der Waals surface area contributed by atoms with Crippen LogP contribution in [0.25, 0.3) is 11.1 Å². The fourth-order valence-electron chi connectivity index (χ4n) is 5.04. The number of carbonyl (C=O) groups is 3. The SMILES string of the molecule is CC(C)(C)c1ccc(S(=O)(=O)NCc2cccc(C(NC(=O)c3cccc4c3-c3ccccc3C4=O)C(=O)O)c2)cc1. The number of carboxylic acid groups (broad SMARTS) is 1. The Hall–Kier alpha value is -4.60. The van der Waals surface area contributed by atoms with Crippen molar-refractivity contribution in [3.05, 3.63) is 124 Å². The molecule has 8 nitrogen and oxygen atoms in total. The monoisotopic (exact) mass is 582 g/mol. The highest BCUT2D eigenvalue weighted by Gasteiger charge is 2.32. The number of hydrogen-bond acceptors (Lipinski definition) is 5. The van der Waals surface area contributed by atoms with Gasteiger partial charge in [0.25, 0.3) is 5.91 Å². The van der Waals surface area contributed by atoms with Crippen LogP contribution >= 0.6 is 0 Å². The van der Waals surface area contributed by atoms with Crippen molar-refractivity contribution in [2.45, 2.75) is 43.7 Å². The number of aliphatic carboxylic acids is 1. The van der Waals surface area contributed by atoms with E-state index in [1.165, 1.54) is 0 Å². The number of sulfonamides is 1. The van der Waals surface area contributed by atoms with E-state index in [2.05, 4.69) is 10.0 Å². The van der Waals surface area contributed by atoms with Crippen LogP contribution in [0, 0.1) is 0 Å². The first-order valence-corrected chi connectivity index (χ1v) is 14.8. The molecule has 214 valence electrons. The molecule has 9 heteroatoms. The van der Waals surface area contributed by atoms with Crippen LogP contribution in [0.3, 0.4) is 0 Å². The highest BCUT2D eigenvalue weighted by molar-refractivity contribution is 7.89. The van der Waals surface area contributed by atoms with Gasteiger partial charge in [-0.15, -0.1) is 0 Å². The molecule has 5 rings (SSSR count). The third-order valence-corrected chi connectivity index (χ3v) is 8.72. The Morgan fingerprint density at radius 2 is 1.48 bits per heavy atom. The van der Waals surface area contributed by atoms with Crippen molar-refractivity contribution in [2.24, 2.45) is 0 Å². The number of benzene rings is 4. The molecule has 0 saturated carbocycles. The fraction of sp³-hybridized carbons (Fsp3) is 0.182. The smallest absolute Gasteiger partial charge is 0.330 e. The molecule has 1 amide bonds. The summed E-state index contributed by atoms with van der Waals surface area (Å²) in [5, 5.41) is 12.6. The molecule has 0 aliphatic heterocycles. The van der Waals surface area contributed by atoms with Gasteiger partial charge in [0.1, 0.15) is 0 Å². The van der Waals surface area contributed by atoms with Crippen molar-refractivity contribution in [3.63, 3.8) is 0 Å². The predicted octanol–water partition coefficient (Wildman–Crippen LogP) is 5.23. The minimum Gasteiger partial charge on any atom is -0.479 e. The van der Waals surface area contributed by atoms with Gasteiger partial charge in [0, 0.05) is 28.8 Å². The summed E-state index contributed by atoms with van der Waals surface area (Å²) in [6.07, 6.45) is 0. The number of amides is 1. The second kappa shape index (κ2) is 11.0. The maximum Gasteiger partial charge on any atom is 0.330 e. The molecule has 1 atom stereocenters. The quantitative estimate of drug-likeness (QED) is 0.230. The highest BCUT2D eigenvalue weighted by atomic mass is 32.2. The molecule has 4 aromatic carbocycles. The summed E-state index contributed by atoms with van der Waals surface area (Å²) >= 11 is 0. The number of carbonyl (C=O) groups excluding carboxylic acids is 2. The molecule has 0 saturated heterocycles. The molecule has 4 aromatic rings. The van der Waals surface area contributed by atoms with Crippen LogP contribution in [0.1, 0.15) is 69.8 Å². The van der Waals surface area contributed by atoms with E-state index in [0.29, 0.717) is 27.8 Å². The van der Waals surface area contributed by atoms with E-state index in [1.54, 1.807) is 91.0 Å².